The molecule has 1 atom stereocenters. The van der Waals surface area contributed by atoms with Gasteiger partial charge in [0.25, 0.3) is 0 Å². The number of morpholine rings is 1. The Bertz CT molecular complexity index is 948. The minimum atomic E-state index is -0.130. The molecule has 5 nitrogen and oxygen atoms in total. The molecule has 1 fully saturated rings. The van der Waals surface area contributed by atoms with E-state index in [-0.39, 0.29) is 12.1 Å². The van der Waals surface area contributed by atoms with Crippen LogP contribution in [0.1, 0.15) is 24.1 Å². The van der Waals surface area contributed by atoms with E-state index in [1.54, 1.807) is 11.3 Å². The maximum Gasteiger partial charge on any atom is 0.315 e. The first-order valence-electron chi connectivity index (χ1n) is 10.1. The monoisotopic (exact) mass is 409 g/mol. The molecule has 1 aliphatic rings. The van der Waals surface area contributed by atoms with Crippen molar-refractivity contribution in [3.05, 3.63) is 65.0 Å². The molecule has 2 heterocycles. The number of ether oxygens (including phenoxy) is 1. The average Bonchev–Trinajstić information content (AvgIpc) is 3.18. The van der Waals surface area contributed by atoms with Gasteiger partial charge < -0.3 is 20.3 Å². The number of amides is 2. The second-order valence-electron chi connectivity index (χ2n) is 7.32. The summed E-state index contributed by atoms with van der Waals surface area (Å²) in [6.45, 7) is 6.04. The fourth-order valence-electron chi connectivity index (χ4n) is 3.66. The molecular formula is C23H27N3O2S. The second kappa shape index (κ2) is 9.29. The Balaban J connectivity index is 1.25. The van der Waals surface area contributed by atoms with Gasteiger partial charge in [-0.3, -0.25) is 0 Å². The van der Waals surface area contributed by atoms with Crippen LogP contribution in [0.15, 0.2) is 53.9 Å². The van der Waals surface area contributed by atoms with Gasteiger partial charge >= 0.3 is 6.03 Å². The van der Waals surface area contributed by atoms with Gasteiger partial charge in [0.15, 0.2) is 0 Å². The lowest BCUT2D eigenvalue weighted by atomic mass is 10.1. The van der Waals surface area contributed by atoms with Crippen LogP contribution < -0.4 is 15.5 Å². The number of rotatable bonds is 6. The smallest absolute Gasteiger partial charge is 0.315 e. The fourth-order valence-corrected chi connectivity index (χ4v) is 4.66. The maximum atomic E-state index is 12.3. The van der Waals surface area contributed by atoms with Crippen molar-refractivity contribution in [1.29, 1.82) is 0 Å². The standard InChI is InChI=1S/C23H27N3O2S/c1-17(18-6-8-20(9-7-18)26-12-14-28-15-13-26)25-23(27)24-11-10-19-16-29-22-5-3-2-4-21(19)22/h2-9,16-17H,10-15H2,1H3,(H2,24,25,27). The van der Waals surface area contributed by atoms with Crippen molar-refractivity contribution in [3.8, 4) is 0 Å². The average molecular weight is 410 g/mol. The van der Waals surface area contributed by atoms with Gasteiger partial charge in [0, 0.05) is 30.0 Å². The van der Waals surface area contributed by atoms with Crippen LogP contribution in [0.5, 0.6) is 0 Å². The van der Waals surface area contributed by atoms with E-state index in [1.807, 2.05) is 6.92 Å². The van der Waals surface area contributed by atoms with E-state index < -0.39 is 0 Å². The number of anilines is 1. The summed E-state index contributed by atoms with van der Waals surface area (Å²) in [5, 5.41) is 9.48. The number of benzene rings is 2. The molecule has 0 saturated carbocycles. The third-order valence-corrected chi connectivity index (χ3v) is 6.37. The zero-order valence-corrected chi connectivity index (χ0v) is 17.5. The van der Waals surface area contributed by atoms with E-state index in [9.17, 15) is 4.79 Å². The van der Waals surface area contributed by atoms with Crippen LogP contribution in [0.25, 0.3) is 10.1 Å². The topological polar surface area (TPSA) is 53.6 Å². The number of hydrogen-bond donors (Lipinski definition) is 2. The van der Waals surface area contributed by atoms with E-state index in [1.165, 1.54) is 21.3 Å². The molecule has 1 aliphatic heterocycles. The lowest BCUT2D eigenvalue weighted by molar-refractivity contribution is 0.122. The third-order valence-electron chi connectivity index (χ3n) is 5.36. The highest BCUT2D eigenvalue weighted by Gasteiger charge is 2.13. The van der Waals surface area contributed by atoms with Gasteiger partial charge in [-0.15, -0.1) is 11.3 Å². The summed E-state index contributed by atoms with van der Waals surface area (Å²) in [5.74, 6) is 0. The molecule has 3 aromatic rings. The minimum absolute atomic E-state index is 0.0456. The SMILES string of the molecule is CC(NC(=O)NCCc1csc2ccccc12)c1ccc(N2CCOCC2)cc1. The Kier molecular flexibility index (Phi) is 6.32. The van der Waals surface area contributed by atoms with E-state index in [2.05, 4.69) is 69.4 Å². The van der Waals surface area contributed by atoms with Gasteiger partial charge in [0.1, 0.15) is 0 Å². The quantitative estimate of drug-likeness (QED) is 0.637. The lowest BCUT2D eigenvalue weighted by Crippen LogP contribution is -2.38. The molecule has 2 N–H and O–H groups in total. The second-order valence-corrected chi connectivity index (χ2v) is 8.23. The summed E-state index contributed by atoms with van der Waals surface area (Å²) in [6.07, 6.45) is 0.833. The Morgan fingerprint density at radius 2 is 1.90 bits per heavy atom. The number of carbonyl (C=O) groups is 1. The highest BCUT2D eigenvalue weighted by Crippen LogP contribution is 2.25. The van der Waals surface area contributed by atoms with Crippen molar-refractivity contribution in [1.82, 2.24) is 10.6 Å². The van der Waals surface area contributed by atoms with E-state index >= 15 is 0 Å². The molecule has 1 saturated heterocycles. The van der Waals surface area contributed by atoms with Crippen LogP contribution in [0.2, 0.25) is 0 Å². The van der Waals surface area contributed by atoms with Gasteiger partial charge in [-0.1, -0.05) is 30.3 Å². The molecule has 1 aromatic heterocycles. The van der Waals surface area contributed by atoms with E-state index in [0.29, 0.717) is 6.54 Å². The van der Waals surface area contributed by atoms with E-state index in [0.717, 1.165) is 38.3 Å². The zero-order chi connectivity index (χ0) is 20.1. The Labute approximate surface area is 175 Å². The fraction of sp³-hybridized carbons (Fsp3) is 0.348. The summed E-state index contributed by atoms with van der Waals surface area (Å²) in [5.41, 5.74) is 3.59. The summed E-state index contributed by atoms with van der Waals surface area (Å²) in [4.78, 5) is 14.6. The predicted molar refractivity (Wildman–Crippen MR) is 120 cm³/mol. The normalized spacial score (nSPS) is 15.3. The summed E-state index contributed by atoms with van der Waals surface area (Å²) >= 11 is 1.75. The number of carbonyl (C=O) groups excluding carboxylic acids is 1. The zero-order valence-electron chi connectivity index (χ0n) is 16.7. The van der Waals surface area contributed by atoms with Gasteiger partial charge in [-0.05, 0) is 53.4 Å². The molecule has 2 aromatic carbocycles. The Hall–Kier alpha value is -2.57. The van der Waals surface area contributed by atoms with Gasteiger partial charge in [0.2, 0.25) is 0 Å². The largest absolute Gasteiger partial charge is 0.378 e. The first-order valence-corrected chi connectivity index (χ1v) is 11.0. The molecule has 0 bridgehead atoms. The lowest BCUT2D eigenvalue weighted by Gasteiger charge is -2.29. The molecule has 0 spiro atoms. The molecule has 0 radical (unpaired) electrons. The van der Waals surface area contributed by atoms with Crippen molar-refractivity contribution in [2.45, 2.75) is 19.4 Å². The number of nitrogens with one attached hydrogen (secondary N) is 2. The molecule has 2 amide bonds. The van der Waals surface area contributed by atoms with Crippen molar-refractivity contribution in [2.75, 3.05) is 37.7 Å². The summed E-state index contributed by atoms with van der Waals surface area (Å²) in [7, 11) is 0. The van der Waals surface area contributed by atoms with Crippen LogP contribution in [-0.2, 0) is 11.2 Å². The molecule has 152 valence electrons. The van der Waals surface area contributed by atoms with E-state index in [4.69, 9.17) is 4.74 Å². The van der Waals surface area contributed by atoms with Gasteiger partial charge in [-0.25, -0.2) is 4.79 Å². The third kappa shape index (κ3) is 4.89. The number of thiophene rings is 1. The number of urea groups is 1. The number of nitrogens with zero attached hydrogens (tertiary/aromatic N) is 1. The summed E-state index contributed by atoms with van der Waals surface area (Å²) < 4.78 is 6.70. The van der Waals surface area contributed by atoms with Gasteiger partial charge in [-0.2, -0.15) is 0 Å². The predicted octanol–water partition coefficient (Wildman–Crippen LogP) is 4.34. The van der Waals surface area contributed by atoms with Crippen molar-refractivity contribution in [2.24, 2.45) is 0 Å². The number of hydrogen-bond acceptors (Lipinski definition) is 4. The van der Waals surface area contributed by atoms with Crippen molar-refractivity contribution in [3.63, 3.8) is 0 Å². The first-order chi connectivity index (χ1) is 14.2. The molecule has 29 heavy (non-hydrogen) atoms. The van der Waals surface area contributed by atoms with Crippen molar-refractivity contribution < 1.29 is 9.53 Å². The molecule has 4 rings (SSSR count). The highest BCUT2D eigenvalue weighted by molar-refractivity contribution is 7.17. The minimum Gasteiger partial charge on any atom is -0.378 e. The molecule has 6 heteroatoms. The highest BCUT2D eigenvalue weighted by atomic mass is 32.1. The van der Waals surface area contributed by atoms with Crippen LogP contribution >= 0.6 is 11.3 Å². The summed E-state index contributed by atoms with van der Waals surface area (Å²) in [6, 6.07) is 16.6. The maximum absolute atomic E-state index is 12.3. The Morgan fingerprint density at radius 1 is 1.14 bits per heavy atom. The van der Waals surface area contributed by atoms with Crippen LogP contribution in [0, 0.1) is 0 Å². The van der Waals surface area contributed by atoms with Gasteiger partial charge in [0.05, 0.1) is 19.3 Å². The first kappa shape index (κ1) is 19.7. The Morgan fingerprint density at radius 3 is 2.69 bits per heavy atom. The van der Waals surface area contributed by atoms with Crippen molar-refractivity contribution >= 4 is 33.1 Å². The number of fused-ring (bicyclic) bond motifs is 1. The van der Waals surface area contributed by atoms with Crippen LogP contribution in [0.4, 0.5) is 10.5 Å². The van der Waals surface area contributed by atoms with Crippen LogP contribution in [0.3, 0.4) is 0 Å². The molecule has 1 unspecified atom stereocenters. The van der Waals surface area contributed by atoms with Crippen LogP contribution in [-0.4, -0.2) is 38.9 Å². The molecular weight excluding hydrogens is 382 g/mol. The molecule has 0 aliphatic carbocycles.